The van der Waals surface area contributed by atoms with Crippen molar-refractivity contribution < 1.29 is 9.59 Å². The van der Waals surface area contributed by atoms with Crippen molar-refractivity contribution in [3.8, 4) is 0 Å². The number of para-hydroxylation sites is 1. The Labute approximate surface area is 204 Å². The first-order chi connectivity index (χ1) is 16.3. The maximum atomic E-state index is 13.1. The van der Waals surface area contributed by atoms with Gasteiger partial charge in [0.2, 0.25) is 17.6 Å². The fourth-order valence-corrected chi connectivity index (χ4v) is 4.36. The Hall–Kier alpha value is -3.37. The summed E-state index contributed by atoms with van der Waals surface area (Å²) in [5.74, 6) is 0.0446. The minimum Gasteiger partial charge on any atom is -0.354 e. The number of benzene rings is 2. The molecule has 0 aliphatic heterocycles. The molecular weight excluding hydrogens is 476 g/mol. The van der Waals surface area contributed by atoms with Crippen LogP contribution >= 0.6 is 23.4 Å². The Morgan fingerprint density at radius 1 is 1.06 bits per heavy atom. The lowest BCUT2D eigenvalue weighted by Crippen LogP contribution is -2.32. The number of nitrogens with zero attached hydrogens (tertiary/aromatic N) is 4. The average Bonchev–Trinajstić information content (AvgIpc) is 3.23. The van der Waals surface area contributed by atoms with E-state index in [0.717, 1.165) is 0 Å². The summed E-state index contributed by atoms with van der Waals surface area (Å²) < 4.78 is 3.20. The number of rotatable bonds is 8. The minimum absolute atomic E-state index is 0.0101. The van der Waals surface area contributed by atoms with Crippen LogP contribution in [0.15, 0.2) is 58.5 Å². The first kappa shape index (κ1) is 23.8. The standard InChI is InChI=1S/C23H23ClN6O3S/c1-14(2)25-19(31)11-12-29-21(33)17-5-3-4-6-18(17)30-22(29)27-28-23(30)34-13-20(32)26-16-9-7-15(24)8-10-16/h3-10,14H,11-13H2,1-2H3,(H,25,31)(H,26,32). The first-order valence-electron chi connectivity index (χ1n) is 10.7. The van der Waals surface area contributed by atoms with Crippen LogP contribution in [0.2, 0.25) is 5.02 Å². The van der Waals surface area contributed by atoms with Crippen molar-refractivity contribution in [1.29, 1.82) is 0 Å². The number of anilines is 1. The molecule has 0 aliphatic carbocycles. The van der Waals surface area contributed by atoms with Crippen LogP contribution in [0.5, 0.6) is 0 Å². The second-order valence-electron chi connectivity index (χ2n) is 7.91. The Morgan fingerprint density at radius 2 is 1.79 bits per heavy atom. The van der Waals surface area contributed by atoms with E-state index in [9.17, 15) is 14.4 Å². The molecular formula is C23H23ClN6O3S. The third kappa shape index (κ3) is 5.23. The largest absolute Gasteiger partial charge is 0.354 e. The van der Waals surface area contributed by atoms with Crippen LogP contribution in [0.1, 0.15) is 20.3 Å². The summed E-state index contributed by atoms with van der Waals surface area (Å²) in [6.07, 6.45) is 0.130. The van der Waals surface area contributed by atoms with Gasteiger partial charge in [-0.1, -0.05) is 35.5 Å². The van der Waals surface area contributed by atoms with E-state index in [2.05, 4.69) is 20.8 Å². The van der Waals surface area contributed by atoms with E-state index in [1.54, 1.807) is 46.9 Å². The number of aryl methyl sites for hydroxylation is 1. The SMILES string of the molecule is CC(C)NC(=O)CCn1c(=O)c2ccccc2n2c(SCC(=O)Nc3ccc(Cl)cc3)nnc12. The Kier molecular flexibility index (Phi) is 7.18. The van der Waals surface area contributed by atoms with E-state index in [0.29, 0.717) is 32.5 Å². The van der Waals surface area contributed by atoms with Gasteiger partial charge in [-0.25, -0.2) is 0 Å². The quantitative estimate of drug-likeness (QED) is 0.360. The van der Waals surface area contributed by atoms with Crippen LogP contribution in [0.3, 0.4) is 0 Å². The highest BCUT2D eigenvalue weighted by Gasteiger charge is 2.18. The second kappa shape index (κ2) is 10.3. The monoisotopic (exact) mass is 498 g/mol. The highest BCUT2D eigenvalue weighted by atomic mass is 35.5. The zero-order valence-corrected chi connectivity index (χ0v) is 20.2. The number of carbonyl (C=O) groups is 2. The molecule has 0 bridgehead atoms. The number of fused-ring (bicyclic) bond motifs is 3. The van der Waals surface area contributed by atoms with Gasteiger partial charge >= 0.3 is 0 Å². The van der Waals surface area contributed by atoms with E-state index in [-0.39, 0.29) is 42.1 Å². The Morgan fingerprint density at radius 3 is 2.53 bits per heavy atom. The predicted octanol–water partition coefficient (Wildman–Crippen LogP) is 3.34. The summed E-state index contributed by atoms with van der Waals surface area (Å²) in [6, 6.07) is 14.0. The molecule has 2 N–H and O–H groups in total. The fraction of sp³-hybridized carbons (Fsp3) is 0.261. The topological polar surface area (TPSA) is 110 Å². The maximum absolute atomic E-state index is 13.1. The zero-order chi connectivity index (χ0) is 24.2. The number of nitrogens with one attached hydrogen (secondary N) is 2. The van der Waals surface area contributed by atoms with E-state index >= 15 is 0 Å². The van der Waals surface area contributed by atoms with Crippen molar-refractivity contribution >= 4 is 57.5 Å². The molecule has 2 amide bonds. The molecule has 2 aromatic heterocycles. The molecule has 0 atom stereocenters. The van der Waals surface area contributed by atoms with Crippen molar-refractivity contribution in [1.82, 2.24) is 24.5 Å². The summed E-state index contributed by atoms with van der Waals surface area (Å²) >= 11 is 7.09. The van der Waals surface area contributed by atoms with Gasteiger partial charge in [0, 0.05) is 29.7 Å². The van der Waals surface area contributed by atoms with Crippen molar-refractivity contribution in [3.63, 3.8) is 0 Å². The van der Waals surface area contributed by atoms with E-state index in [1.807, 2.05) is 19.9 Å². The first-order valence-corrected chi connectivity index (χ1v) is 12.0. The number of hydrogen-bond acceptors (Lipinski definition) is 6. The highest BCUT2D eigenvalue weighted by Crippen LogP contribution is 2.22. The number of carbonyl (C=O) groups excluding carboxylic acids is 2. The summed E-state index contributed by atoms with van der Waals surface area (Å²) in [6.45, 7) is 3.92. The molecule has 176 valence electrons. The highest BCUT2D eigenvalue weighted by molar-refractivity contribution is 7.99. The van der Waals surface area contributed by atoms with E-state index in [1.165, 1.54) is 16.3 Å². The molecule has 0 saturated heterocycles. The molecule has 4 rings (SSSR count). The Bertz CT molecular complexity index is 1410. The van der Waals surface area contributed by atoms with E-state index < -0.39 is 0 Å². The Balaban J connectivity index is 1.61. The van der Waals surface area contributed by atoms with Crippen LogP contribution in [0.25, 0.3) is 16.7 Å². The van der Waals surface area contributed by atoms with Gasteiger partial charge in [-0.3, -0.25) is 23.4 Å². The van der Waals surface area contributed by atoms with Gasteiger partial charge < -0.3 is 10.6 Å². The van der Waals surface area contributed by atoms with Crippen molar-refractivity contribution in [3.05, 3.63) is 63.9 Å². The third-order valence-corrected chi connectivity index (χ3v) is 6.13. The molecule has 2 heterocycles. The van der Waals surface area contributed by atoms with Crippen molar-refractivity contribution in [2.75, 3.05) is 11.1 Å². The van der Waals surface area contributed by atoms with Gasteiger partial charge in [0.05, 0.1) is 16.7 Å². The molecule has 2 aromatic carbocycles. The molecule has 11 heteroatoms. The summed E-state index contributed by atoms with van der Waals surface area (Å²) in [5, 5.41) is 15.6. The van der Waals surface area contributed by atoms with E-state index in [4.69, 9.17) is 11.6 Å². The summed E-state index contributed by atoms with van der Waals surface area (Å²) in [4.78, 5) is 37.8. The number of aromatic nitrogens is 4. The molecule has 4 aromatic rings. The predicted molar refractivity (Wildman–Crippen MR) is 133 cm³/mol. The van der Waals surface area contributed by atoms with Gasteiger partial charge in [-0.15, -0.1) is 10.2 Å². The molecule has 0 spiro atoms. The maximum Gasteiger partial charge on any atom is 0.262 e. The van der Waals surface area contributed by atoms with Crippen molar-refractivity contribution in [2.24, 2.45) is 0 Å². The lowest BCUT2D eigenvalue weighted by molar-refractivity contribution is -0.121. The van der Waals surface area contributed by atoms with Gasteiger partial charge in [0.15, 0.2) is 5.16 Å². The van der Waals surface area contributed by atoms with Crippen LogP contribution in [0.4, 0.5) is 5.69 Å². The third-order valence-electron chi connectivity index (χ3n) is 4.95. The van der Waals surface area contributed by atoms with Crippen molar-refractivity contribution in [2.45, 2.75) is 38.0 Å². The molecule has 0 unspecified atom stereocenters. The second-order valence-corrected chi connectivity index (χ2v) is 9.29. The molecule has 0 aliphatic rings. The van der Waals surface area contributed by atoms with Crippen LogP contribution < -0.4 is 16.2 Å². The molecule has 0 fully saturated rings. The number of amides is 2. The van der Waals surface area contributed by atoms with Gasteiger partial charge in [0.1, 0.15) is 0 Å². The summed E-state index contributed by atoms with van der Waals surface area (Å²) in [7, 11) is 0. The number of hydrogen-bond donors (Lipinski definition) is 2. The molecule has 0 saturated carbocycles. The van der Waals surface area contributed by atoms with Gasteiger partial charge in [-0.2, -0.15) is 0 Å². The molecule has 0 radical (unpaired) electrons. The van der Waals surface area contributed by atoms with Crippen LogP contribution in [-0.2, 0) is 16.1 Å². The fourth-order valence-electron chi connectivity index (χ4n) is 3.50. The lowest BCUT2D eigenvalue weighted by atomic mass is 10.2. The average molecular weight is 499 g/mol. The number of halogens is 1. The van der Waals surface area contributed by atoms with Gasteiger partial charge in [-0.05, 0) is 50.2 Å². The normalized spacial score (nSPS) is 11.3. The van der Waals surface area contributed by atoms with Crippen LogP contribution in [0, 0.1) is 0 Å². The van der Waals surface area contributed by atoms with Gasteiger partial charge in [0.25, 0.3) is 5.56 Å². The lowest BCUT2D eigenvalue weighted by Gasteiger charge is -2.12. The minimum atomic E-state index is -0.245. The summed E-state index contributed by atoms with van der Waals surface area (Å²) in [5.41, 5.74) is 1.03. The smallest absolute Gasteiger partial charge is 0.262 e. The molecule has 9 nitrogen and oxygen atoms in total. The van der Waals surface area contributed by atoms with Crippen LogP contribution in [-0.4, -0.2) is 42.8 Å². The molecule has 34 heavy (non-hydrogen) atoms. The number of thioether (sulfide) groups is 1. The zero-order valence-electron chi connectivity index (χ0n) is 18.6.